The molecule has 0 aromatic heterocycles. The molecule has 1 heterocycles. The second-order valence-electron chi connectivity index (χ2n) is 10.7. The summed E-state index contributed by atoms with van der Waals surface area (Å²) in [4.78, 5) is 15.4. The van der Waals surface area contributed by atoms with Gasteiger partial charge >= 0.3 is 5.97 Å². The predicted molar refractivity (Wildman–Crippen MR) is 150 cm³/mol. The first kappa shape index (κ1) is 31.3. The topological polar surface area (TPSA) is 69.8 Å². The van der Waals surface area contributed by atoms with Crippen LogP contribution in [0.4, 0.5) is 0 Å². The predicted octanol–water partition coefficient (Wildman–Crippen LogP) is 6.50. The number of nitrogens with two attached hydrogens (primary N) is 1. The number of benzene rings is 1. The van der Waals surface area contributed by atoms with Gasteiger partial charge in [0.25, 0.3) is 0 Å². The summed E-state index contributed by atoms with van der Waals surface area (Å²) in [5, 5.41) is 8.29. The van der Waals surface area contributed by atoms with Gasteiger partial charge in [-0.15, -0.1) is 0 Å². The lowest BCUT2D eigenvalue weighted by Gasteiger charge is -2.46. The molecule has 0 saturated carbocycles. The second-order valence-corrected chi connectivity index (χ2v) is 10.7. The monoisotopic (exact) mass is 487 g/mol. The van der Waals surface area contributed by atoms with Crippen LogP contribution in [0.25, 0.3) is 6.08 Å². The molecule has 5 heteroatoms. The Morgan fingerprint density at radius 1 is 0.971 bits per heavy atom. The van der Waals surface area contributed by atoms with Gasteiger partial charge in [0.1, 0.15) is 0 Å². The summed E-state index contributed by atoms with van der Waals surface area (Å²) in [6.07, 6.45) is 13.4. The first-order valence-corrected chi connectivity index (χ1v) is 13.9. The van der Waals surface area contributed by atoms with E-state index in [1.807, 2.05) is 30.3 Å². The lowest BCUT2D eigenvalue weighted by Crippen LogP contribution is -2.63. The lowest BCUT2D eigenvalue weighted by atomic mass is 9.94. The smallest absolute Gasteiger partial charge is 0.328 e. The van der Waals surface area contributed by atoms with Crippen molar-refractivity contribution in [3.8, 4) is 0 Å². The molecule has 0 bridgehead atoms. The Morgan fingerprint density at radius 3 is 1.86 bits per heavy atom. The zero-order valence-corrected chi connectivity index (χ0v) is 23.2. The number of hydrogen-bond acceptors (Lipinski definition) is 4. The molecule has 1 aromatic carbocycles. The van der Waals surface area contributed by atoms with Gasteiger partial charge in [0.2, 0.25) is 0 Å². The van der Waals surface area contributed by atoms with E-state index in [2.05, 4.69) is 44.4 Å². The van der Waals surface area contributed by atoms with Crippen molar-refractivity contribution < 1.29 is 9.90 Å². The van der Waals surface area contributed by atoms with Crippen LogP contribution in [-0.2, 0) is 4.79 Å². The van der Waals surface area contributed by atoms with Crippen LogP contribution < -0.4 is 5.73 Å². The molecule has 1 saturated heterocycles. The molecule has 0 radical (unpaired) electrons. The zero-order chi connectivity index (χ0) is 26.1. The van der Waals surface area contributed by atoms with Crippen LogP contribution in [0.2, 0.25) is 0 Å². The van der Waals surface area contributed by atoms with Gasteiger partial charge in [0, 0.05) is 37.8 Å². The number of carboxylic acids is 1. The molecule has 3 N–H and O–H groups in total. The molecule has 1 aliphatic heterocycles. The van der Waals surface area contributed by atoms with Crippen LogP contribution in [0, 0.1) is 11.8 Å². The van der Waals surface area contributed by atoms with Crippen molar-refractivity contribution in [2.75, 3.05) is 32.8 Å². The van der Waals surface area contributed by atoms with Gasteiger partial charge in [-0.1, -0.05) is 96.6 Å². The van der Waals surface area contributed by atoms with Gasteiger partial charge in [-0.25, -0.2) is 4.79 Å². The van der Waals surface area contributed by atoms with E-state index in [0.29, 0.717) is 0 Å². The van der Waals surface area contributed by atoms with E-state index in [-0.39, 0.29) is 5.54 Å². The summed E-state index contributed by atoms with van der Waals surface area (Å²) >= 11 is 0. The Labute approximate surface area is 215 Å². The average molecular weight is 488 g/mol. The molecule has 2 atom stereocenters. The minimum atomic E-state index is -0.922. The number of carbonyl (C=O) groups is 1. The second kappa shape index (κ2) is 17.7. The molecule has 0 spiro atoms. The van der Waals surface area contributed by atoms with Gasteiger partial charge in [0.05, 0.1) is 6.67 Å². The minimum absolute atomic E-state index is 0.0651. The summed E-state index contributed by atoms with van der Waals surface area (Å²) < 4.78 is 0. The first-order valence-electron chi connectivity index (χ1n) is 13.9. The SMILES string of the molecule is CCCCC(CC)CN1CN(CC(CC)CCCC)CC(C)(N)C1.O=C(O)/C=C/c1ccccc1. The van der Waals surface area contributed by atoms with Gasteiger partial charge < -0.3 is 10.8 Å². The maximum absolute atomic E-state index is 10.1. The number of nitrogens with zero attached hydrogens (tertiary/aromatic N) is 2. The highest BCUT2D eigenvalue weighted by Gasteiger charge is 2.33. The van der Waals surface area contributed by atoms with Crippen molar-refractivity contribution >= 4 is 12.0 Å². The fourth-order valence-corrected chi connectivity index (χ4v) is 5.00. The molecule has 0 amide bonds. The van der Waals surface area contributed by atoms with Crippen molar-refractivity contribution in [3.63, 3.8) is 0 Å². The Balaban J connectivity index is 0.000000462. The maximum Gasteiger partial charge on any atom is 0.328 e. The normalized spacial score (nSPS) is 20.9. The van der Waals surface area contributed by atoms with E-state index in [4.69, 9.17) is 10.8 Å². The minimum Gasteiger partial charge on any atom is -0.478 e. The van der Waals surface area contributed by atoms with Crippen molar-refractivity contribution in [1.82, 2.24) is 9.80 Å². The van der Waals surface area contributed by atoms with Crippen LogP contribution in [0.1, 0.15) is 91.5 Å². The summed E-state index contributed by atoms with van der Waals surface area (Å²) in [6.45, 7) is 17.2. The molecule has 5 nitrogen and oxygen atoms in total. The van der Waals surface area contributed by atoms with Crippen LogP contribution in [0.15, 0.2) is 36.4 Å². The van der Waals surface area contributed by atoms with Crippen molar-refractivity contribution in [1.29, 1.82) is 0 Å². The molecular weight excluding hydrogens is 434 g/mol. The number of aliphatic carboxylic acids is 1. The van der Waals surface area contributed by atoms with E-state index in [1.165, 1.54) is 64.5 Å². The quantitative estimate of drug-likeness (QED) is 0.293. The van der Waals surface area contributed by atoms with E-state index in [1.54, 1.807) is 6.08 Å². The molecule has 2 unspecified atom stereocenters. The number of carboxylic acid groups (broad SMARTS) is 1. The van der Waals surface area contributed by atoms with E-state index in [0.717, 1.165) is 43.2 Å². The van der Waals surface area contributed by atoms with Gasteiger partial charge in [0.15, 0.2) is 0 Å². The van der Waals surface area contributed by atoms with E-state index in [9.17, 15) is 4.79 Å². The third-order valence-electron chi connectivity index (χ3n) is 6.91. The highest BCUT2D eigenvalue weighted by molar-refractivity contribution is 5.85. The Hall–Kier alpha value is -1.69. The molecular formula is C30H53N3O2. The third-order valence-corrected chi connectivity index (χ3v) is 6.91. The standard InChI is InChI=1S/C21H45N3.C9H8O2/c1-6-10-12-19(8-3)14-23-16-21(5,22)17-24(18-23)15-20(9-4)13-11-7-2;10-9(11)7-6-8-4-2-1-3-5-8/h19-20H,6-18,22H2,1-5H3;1-7H,(H,10,11)/b;7-6+. The number of rotatable bonds is 14. The summed E-state index contributed by atoms with van der Waals surface area (Å²) in [5.74, 6) is 0.749. The van der Waals surface area contributed by atoms with Crippen LogP contribution in [-0.4, -0.2) is 59.3 Å². The van der Waals surface area contributed by atoms with Crippen molar-refractivity contribution in [2.24, 2.45) is 17.6 Å². The number of hydrogen-bond donors (Lipinski definition) is 2. The van der Waals surface area contributed by atoms with Gasteiger partial charge in [-0.3, -0.25) is 9.80 Å². The van der Waals surface area contributed by atoms with Crippen molar-refractivity contribution in [3.05, 3.63) is 42.0 Å². The Bertz CT molecular complexity index is 677. The first-order chi connectivity index (χ1) is 16.7. The van der Waals surface area contributed by atoms with Gasteiger partial charge in [-0.2, -0.15) is 0 Å². The van der Waals surface area contributed by atoms with Crippen LogP contribution in [0.5, 0.6) is 0 Å². The molecule has 35 heavy (non-hydrogen) atoms. The zero-order valence-electron chi connectivity index (χ0n) is 23.2. The molecule has 1 aliphatic rings. The fraction of sp³-hybridized carbons (Fsp3) is 0.700. The van der Waals surface area contributed by atoms with Gasteiger partial charge in [-0.05, 0) is 43.2 Å². The van der Waals surface area contributed by atoms with Crippen molar-refractivity contribution in [2.45, 2.75) is 91.5 Å². The summed E-state index contributed by atoms with van der Waals surface area (Å²) in [6, 6.07) is 9.31. The highest BCUT2D eigenvalue weighted by atomic mass is 16.4. The van der Waals surface area contributed by atoms with Crippen LogP contribution >= 0.6 is 0 Å². The number of unbranched alkanes of at least 4 members (excludes halogenated alkanes) is 2. The van der Waals surface area contributed by atoms with E-state index < -0.39 is 5.97 Å². The molecule has 200 valence electrons. The summed E-state index contributed by atoms with van der Waals surface area (Å²) in [5.41, 5.74) is 7.44. The summed E-state index contributed by atoms with van der Waals surface area (Å²) in [7, 11) is 0. The molecule has 1 fully saturated rings. The molecule has 0 aliphatic carbocycles. The van der Waals surface area contributed by atoms with Crippen LogP contribution in [0.3, 0.4) is 0 Å². The molecule has 2 rings (SSSR count). The Morgan fingerprint density at radius 2 is 1.46 bits per heavy atom. The van der Waals surface area contributed by atoms with E-state index >= 15 is 0 Å². The highest BCUT2D eigenvalue weighted by Crippen LogP contribution is 2.22. The average Bonchev–Trinajstić information content (AvgIpc) is 2.83. The maximum atomic E-state index is 10.1. The Kier molecular flexibility index (Phi) is 15.8. The lowest BCUT2D eigenvalue weighted by molar-refractivity contribution is -0.131. The fourth-order valence-electron chi connectivity index (χ4n) is 5.00. The largest absolute Gasteiger partial charge is 0.478 e. The third kappa shape index (κ3) is 14.5. The molecule has 1 aromatic rings.